The Balaban J connectivity index is 1.42. The average molecular weight is 513 g/mol. The fourth-order valence-corrected chi connectivity index (χ4v) is 4.78. The van der Waals surface area contributed by atoms with Crippen LogP contribution >= 0.6 is 0 Å². The van der Waals surface area contributed by atoms with E-state index in [4.69, 9.17) is 11.3 Å². The lowest BCUT2D eigenvalue weighted by atomic mass is 9.73. The lowest BCUT2D eigenvalue weighted by Crippen LogP contribution is -2.46. The third-order valence-electron chi connectivity index (χ3n) is 6.71. The van der Waals surface area contributed by atoms with Crippen molar-refractivity contribution in [1.29, 1.82) is 0 Å². The number of piperidine rings is 1. The van der Waals surface area contributed by atoms with E-state index in [1.165, 1.54) is 25.3 Å². The van der Waals surface area contributed by atoms with Crippen LogP contribution in [0.4, 0.5) is 18.9 Å². The Kier molecular flexibility index (Phi) is 7.83. The molecular formula is C27H27F3N4O3. The van der Waals surface area contributed by atoms with Gasteiger partial charge in [0.05, 0.1) is 31.1 Å². The minimum atomic E-state index is -4.78. The molecule has 0 aliphatic carbocycles. The lowest BCUT2D eigenvalue weighted by molar-refractivity contribution is -0.274. The first-order valence-electron chi connectivity index (χ1n) is 11.8. The van der Waals surface area contributed by atoms with Gasteiger partial charge < -0.3 is 14.0 Å². The number of benzene rings is 2. The van der Waals surface area contributed by atoms with E-state index < -0.39 is 11.8 Å². The molecule has 2 heterocycles. The zero-order valence-electron chi connectivity index (χ0n) is 20.4. The van der Waals surface area contributed by atoms with Gasteiger partial charge in [-0.2, -0.15) is 0 Å². The molecule has 1 fully saturated rings. The summed E-state index contributed by atoms with van der Waals surface area (Å²) in [5.41, 5.74) is 2.44. The van der Waals surface area contributed by atoms with E-state index >= 15 is 0 Å². The molecule has 2 aromatic carbocycles. The van der Waals surface area contributed by atoms with Gasteiger partial charge in [0.15, 0.2) is 5.69 Å². The molecule has 1 saturated heterocycles. The number of esters is 1. The third kappa shape index (κ3) is 6.68. The topological polar surface area (TPSA) is 61.0 Å². The summed E-state index contributed by atoms with van der Waals surface area (Å²) in [7, 11) is 1.34. The molecule has 194 valence electrons. The first kappa shape index (κ1) is 26.2. The normalized spacial score (nSPS) is 15.6. The van der Waals surface area contributed by atoms with Gasteiger partial charge in [-0.15, -0.1) is 13.2 Å². The molecule has 0 radical (unpaired) electrons. The predicted molar refractivity (Wildman–Crippen MR) is 130 cm³/mol. The zero-order chi connectivity index (χ0) is 26.5. The fraction of sp³-hybridized carbons (Fsp3) is 0.370. The van der Waals surface area contributed by atoms with E-state index in [0.717, 1.165) is 11.3 Å². The molecule has 0 unspecified atom stereocenters. The second kappa shape index (κ2) is 11.0. The van der Waals surface area contributed by atoms with Gasteiger partial charge >= 0.3 is 12.3 Å². The largest absolute Gasteiger partial charge is 0.573 e. The standard InChI is InChI=1S/C27H27F3N4O3/c1-31-22-8-6-20(7-9-22)17-34-19-32-16-23(34)18-33-12-10-26(11-13-33,25(35)36-2)15-21-4-3-5-24(14-21)37-27(28,29)30/h3-9,14,16,19H,10-13,15,17-18H2,2H3. The molecule has 3 aromatic rings. The summed E-state index contributed by atoms with van der Waals surface area (Å²) in [4.78, 5) is 22.8. The molecule has 0 amide bonds. The molecular weight excluding hydrogens is 485 g/mol. The van der Waals surface area contributed by atoms with Crippen molar-refractivity contribution >= 4 is 11.7 Å². The molecule has 0 atom stereocenters. The minimum absolute atomic E-state index is 0.265. The minimum Gasteiger partial charge on any atom is -0.469 e. The smallest absolute Gasteiger partial charge is 0.469 e. The Hall–Kier alpha value is -3.84. The number of rotatable bonds is 8. The highest BCUT2D eigenvalue weighted by molar-refractivity contribution is 5.77. The number of imidazole rings is 1. The lowest BCUT2D eigenvalue weighted by Gasteiger charge is -2.40. The Morgan fingerprint density at radius 2 is 1.84 bits per heavy atom. The highest BCUT2D eigenvalue weighted by Crippen LogP contribution is 2.38. The van der Waals surface area contributed by atoms with Crippen molar-refractivity contribution in [1.82, 2.24) is 14.5 Å². The van der Waals surface area contributed by atoms with Crippen LogP contribution in [0.3, 0.4) is 0 Å². The third-order valence-corrected chi connectivity index (χ3v) is 6.71. The number of nitrogens with zero attached hydrogens (tertiary/aromatic N) is 4. The van der Waals surface area contributed by atoms with Crippen molar-refractivity contribution in [3.63, 3.8) is 0 Å². The number of alkyl halides is 3. The molecule has 1 aromatic heterocycles. The van der Waals surface area contributed by atoms with Crippen molar-refractivity contribution in [3.05, 3.63) is 89.3 Å². The number of aromatic nitrogens is 2. The van der Waals surface area contributed by atoms with E-state index in [-0.39, 0.29) is 18.1 Å². The van der Waals surface area contributed by atoms with Gasteiger partial charge in [0, 0.05) is 19.3 Å². The van der Waals surface area contributed by atoms with Gasteiger partial charge in [0.1, 0.15) is 5.75 Å². The van der Waals surface area contributed by atoms with Gasteiger partial charge in [0.25, 0.3) is 0 Å². The van der Waals surface area contributed by atoms with Crippen LogP contribution in [0, 0.1) is 12.0 Å². The van der Waals surface area contributed by atoms with E-state index in [2.05, 4.69) is 24.0 Å². The number of methoxy groups -OCH3 is 1. The molecule has 0 bridgehead atoms. The summed E-state index contributed by atoms with van der Waals surface area (Å²) in [5.74, 6) is -0.665. The number of halogens is 3. The highest BCUT2D eigenvalue weighted by Gasteiger charge is 2.42. The average Bonchev–Trinajstić information content (AvgIpc) is 3.30. The van der Waals surface area contributed by atoms with Crippen LogP contribution in [-0.2, 0) is 29.0 Å². The van der Waals surface area contributed by atoms with Crippen LogP contribution in [0.2, 0.25) is 0 Å². The van der Waals surface area contributed by atoms with Crippen LogP contribution in [0.1, 0.15) is 29.7 Å². The van der Waals surface area contributed by atoms with Crippen LogP contribution < -0.4 is 4.74 Å². The number of likely N-dealkylation sites (tertiary alicyclic amines) is 1. The van der Waals surface area contributed by atoms with Crippen molar-refractivity contribution in [2.45, 2.75) is 38.7 Å². The molecule has 1 aliphatic rings. The molecule has 10 heteroatoms. The van der Waals surface area contributed by atoms with Gasteiger partial charge in [-0.3, -0.25) is 9.69 Å². The van der Waals surface area contributed by atoms with Gasteiger partial charge in [-0.1, -0.05) is 36.4 Å². The van der Waals surface area contributed by atoms with Crippen molar-refractivity contribution in [2.24, 2.45) is 5.41 Å². The van der Waals surface area contributed by atoms with Crippen LogP contribution in [-0.4, -0.2) is 47.0 Å². The number of carbonyl (C=O) groups excluding carboxylic acids is 1. The van der Waals surface area contributed by atoms with Gasteiger partial charge in [-0.25, -0.2) is 9.83 Å². The van der Waals surface area contributed by atoms with Crippen molar-refractivity contribution in [2.75, 3.05) is 20.2 Å². The first-order valence-corrected chi connectivity index (χ1v) is 11.8. The summed E-state index contributed by atoms with van der Waals surface area (Å²) in [6.07, 6.45) is 0.101. The summed E-state index contributed by atoms with van der Waals surface area (Å²) < 4.78 is 49.2. The van der Waals surface area contributed by atoms with E-state index in [0.29, 0.717) is 50.3 Å². The molecule has 4 rings (SSSR count). The first-order chi connectivity index (χ1) is 17.7. The SMILES string of the molecule is [C-]#[N+]c1ccc(Cn2cncc2CN2CCC(Cc3cccc(OC(F)(F)F)c3)(C(=O)OC)CC2)cc1. The molecule has 0 N–H and O–H groups in total. The second-order valence-electron chi connectivity index (χ2n) is 9.21. The number of carbonyl (C=O) groups is 1. The number of hydrogen-bond donors (Lipinski definition) is 0. The van der Waals surface area contributed by atoms with E-state index in [9.17, 15) is 18.0 Å². The maximum absolute atomic E-state index is 12.8. The Labute approximate surface area is 213 Å². The van der Waals surface area contributed by atoms with E-state index in [1.54, 1.807) is 24.5 Å². The van der Waals surface area contributed by atoms with E-state index in [1.807, 2.05) is 18.3 Å². The quantitative estimate of drug-likeness (QED) is 0.300. The van der Waals surface area contributed by atoms with Crippen LogP contribution in [0.5, 0.6) is 5.75 Å². The Bertz CT molecular complexity index is 1260. The Morgan fingerprint density at radius 3 is 2.49 bits per heavy atom. The Morgan fingerprint density at radius 1 is 1.11 bits per heavy atom. The second-order valence-corrected chi connectivity index (χ2v) is 9.21. The number of hydrogen-bond acceptors (Lipinski definition) is 5. The van der Waals surface area contributed by atoms with Gasteiger partial charge in [0.2, 0.25) is 0 Å². The van der Waals surface area contributed by atoms with Crippen molar-refractivity contribution < 1.29 is 27.4 Å². The maximum Gasteiger partial charge on any atom is 0.573 e. The predicted octanol–water partition coefficient (Wildman–Crippen LogP) is 5.38. The van der Waals surface area contributed by atoms with Crippen LogP contribution in [0.25, 0.3) is 4.85 Å². The molecule has 1 aliphatic heterocycles. The molecule has 7 nitrogen and oxygen atoms in total. The fourth-order valence-electron chi connectivity index (χ4n) is 4.78. The number of ether oxygens (including phenoxy) is 2. The summed E-state index contributed by atoms with van der Waals surface area (Å²) in [5, 5.41) is 0. The van der Waals surface area contributed by atoms with Crippen molar-refractivity contribution in [3.8, 4) is 5.75 Å². The summed E-state index contributed by atoms with van der Waals surface area (Å²) in [6, 6.07) is 13.2. The van der Waals surface area contributed by atoms with Gasteiger partial charge in [-0.05, 0) is 55.6 Å². The maximum atomic E-state index is 12.8. The summed E-state index contributed by atoms with van der Waals surface area (Å²) >= 11 is 0. The molecule has 37 heavy (non-hydrogen) atoms. The highest BCUT2D eigenvalue weighted by atomic mass is 19.4. The van der Waals surface area contributed by atoms with Crippen LogP contribution in [0.15, 0.2) is 61.1 Å². The zero-order valence-corrected chi connectivity index (χ0v) is 20.4. The molecule has 0 spiro atoms. The monoisotopic (exact) mass is 512 g/mol. The molecule has 0 saturated carbocycles. The summed E-state index contributed by atoms with van der Waals surface area (Å²) in [6.45, 7) is 9.61.